The molecule has 1 aliphatic heterocycles. The summed E-state index contributed by atoms with van der Waals surface area (Å²) in [4.78, 5) is 2.23. The van der Waals surface area contributed by atoms with Crippen molar-refractivity contribution in [1.82, 2.24) is 4.90 Å². The van der Waals surface area contributed by atoms with Crippen molar-refractivity contribution in [1.29, 1.82) is 0 Å². The molecule has 0 aliphatic carbocycles. The van der Waals surface area contributed by atoms with Crippen LogP contribution in [0.5, 0.6) is 0 Å². The first-order valence-electron chi connectivity index (χ1n) is 5.44. The Balaban J connectivity index is 1.96. The summed E-state index contributed by atoms with van der Waals surface area (Å²) in [5.41, 5.74) is 0. The molecule has 0 N–H and O–H groups in total. The molecule has 1 unspecified atom stereocenters. The summed E-state index contributed by atoms with van der Waals surface area (Å²) >= 11 is 5.73. The van der Waals surface area contributed by atoms with Crippen molar-refractivity contribution >= 4 is 11.6 Å². The average Bonchev–Trinajstić information content (AvgIpc) is 2.63. The van der Waals surface area contributed by atoms with Crippen molar-refractivity contribution in [3.63, 3.8) is 0 Å². The van der Waals surface area contributed by atoms with Crippen LogP contribution >= 0.6 is 11.6 Å². The smallest absolute Gasteiger partial charge is 0.372 e. The van der Waals surface area contributed by atoms with Gasteiger partial charge in [0, 0.05) is 25.6 Å². The van der Waals surface area contributed by atoms with Crippen LogP contribution in [0.4, 0.5) is 13.2 Å². The number of hydrogen-bond acceptors (Lipinski definition) is 2. The summed E-state index contributed by atoms with van der Waals surface area (Å²) in [6.07, 6.45) is -2.48. The van der Waals surface area contributed by atoms with E-state index < -0.39 is 12.8 Å². The Morgan fingerprint density at radius 3 is 2.69 bits per heavy atom. The van der Waals surface area contributed by atoms with Gasteiger partial charge in [0.2, 0.25) is 0 Å². The Kier molecular flexibility index (Phi) is 5.86. The van der Waals surface area contributed by atoms with E-state index in [1.54, 1.807) is 0 Å². The van der Waals surface area contributed by atoms with Gasteiger partial charge in [-0.3, -0.25) is 0 Å². The number of nitrogens with zero attached hydrogens (tertiary/aromatic N) is 1. The van der Waals surface area contributed by atoms with E-state index in [0.717, 1.165) is 26.1 Å². The van der Waals surface area contributed by atoms with Crippen LogP contribution in [-0.2, 0) is 4.74 Å². The molecule has 1 heterocycles. The van der Waals surface area contributed by atoms with E-state index in [2.05, 4.69) is 9.64 Å². The second kappa shape index (κ2) is 6.67. The molecule has 16 heavy (non-hydrogen) atoms. The van der Waals surface area contributed by atoms with Gasteiger partial charge in [0.05, 0.1) is 0 Å². The molecular formula is C10H17ClF3NO. The molecule has 1 fully saturated rings. The molecule has 1 rings (SSSR count). The van der Waals surface area contributed by atoms with Crippen molar-refractivity contribution in [2.45, 2.75) is 19.0 Å². The van der Waals surface area contributed by atoms with Crippen molar-refractivity contribution in [2.24, 2.45) is 5.92 Å². The van der Waals surface area contributed by atoms with E-state index in [1.165, 1.54) is 0 Å². The van der Waals surface area contributed by atoms with Crippen molar-refractivity contribution in [3.05, 3.63) is 0 Å². The van der Waals surface area contributed by atoms with Crippen LogP contribution in [0.3, 0.4) is 0 Å². The average molecular weight is 260 g/mol. The first kappa shape index (κ1) is 14.1. The lowest BCUT2D eigenvalue weighted by atomic mass is 10.2. The molecule has 1 saturated heterocycles. The Bertz CT molecular complexity index is 201. The fourth-order valence-electron chi connectivity index (χ4n) is 1.82. The number of rotatable bonds is 6. The molecule has 0 spiro atoms. The van der Waals surface area contributed by atoms with Crippen LogP contribution in [0.25, 0.3) is 0 Å². The molecular weight excluding hydrogens is 243 g/mol. The van der Waals surface area contributed by atoms with Gasteiger partial charge in [-0.2, -0.15) is 13.2 Å². The number of alkyl halides is 4. The van der Waals surface area contributed by atoms with Crippen molar-refractivity contribution < 1.29 is 17.9 Å². The van der Waals surface area contributed by atoms with Crippen LogP contribution in [0.2, 0.25) is 0 Å². The molecule has 0 bridgehead atoms. The number of hydrogen-bond donors (Lipinski definition) is 0. The van der Waals surface area contributed by atoms with Gasteiger partial charge in [-0.15, -0.1) is 11.6 Å². The summed E-state index contributed by atoms with van der Waals surface area (Å²) in [5, 5.41) is 0. The van der Waals surface area contributed by atoms with Crippen LogP contribution in [0, 0.1) is 5.92 Å². The lowest BCUT2D eigenvalue weighted by Crippen LogP contribution is -2.24. The van der Waals surface area contributed by atoms with Gasteiger partial charge in [-0.05, 0) is 25.3 Å². The minimum absolute atomic E-state index is 0.168. The Morgan fingerprint density at radius 1 is 1.38 bits per heavy atom. The highest BCUT2D eigenvalue weighted by atomic mass is 35.5. The van der Waals surface area contributed by atoms with Gasteiger partial charge < -0.3 is 9.64 Å². The van der Waals surface area contributed by atoms with Crippen LogP contribution in [0.15, 0.2) is 0 Å². The molecule has 0 amide bonds. The topological polar surface area (TPSA) is 12.5 Å². The second-order valence-corrected chi connectivity index (χ2v) is 4.44. The second-order valence-electron chi connectivity index (χ2n) is 4.13. The van der Waals surface area contributed by atoms with E-state index in [-0.39, 0.29) is 6.61 Å². The van der Waals surface area contributed by atoms with Gasteiger partial charge >= 0.3 is 6.18 Å². The maximum absolute atomic E-state index is 11.7. The van der Waals surface area contributed by atoms with Gasteiger partial charge in [0.15, 0.2) is 0 Å². The number of ether oxygens (including phenoxy) is 1. The third-order valence-electron chi connectivity index (χ3n) is 2.62. The molecule has 1 aliphatic rings. The van der Waals surface area contributed by atoms with E-state index in [9.17, 15) is 13.2 Å². The SMILES string of the molecule is FC(F)(F)COCCCN1CCC(CCl)C1. The van der Waals surface area contributed by atoms with Gasteiger partial charge in [-0.1, -0.05) is 0 Å². The predicted octanol–water partition coefficient (Wildman–Crippen LogP) is 2.52. The maximum Gasteiger partial charge on any atom is 0.411 e. The summed E-state index contributed by atoms with van der Waals surface area (Å²) in [6.45, 7) is 1.78. The molecule has 96 valence electrons. The Hall–Kier alpha value is 0. The van der Waals surface area contributed by atoms with E-state index in [4.69, 9.17) is 11.6 Å². The quantitative estimate of drug-likeness (QED) is 0.537. The van der Waals surface area contributed by atoms with Gasteiger partial charge in [0.1, 0.15) is 6.61 Å². The molecule has 0 aromatic rings. The first-order valence-corrected chi connectivity index (χ1v) is 5.97. The Morgan fingerprint density at radius 2 is 2.12 bits per heavy atom. The third kappa shape index (κ3) is 5.92. The molecule has 2 nitrogen and oxygen atoms in total. The summed E-state index contributed by atoms with van der Waals surface area (Å²) in [5.74, 6) is 1.21. The number of halogens is 4. The van der Waals surface area contributed by atoms with E-state index >= 15 is 0 Å². The highest BCUT2D eigenvalue weighted by molar-refractivity contribution is 6.18. The van der Waals surface area contributed by atoms with Gasteiger partial charge in [-0.25, -0.2) is 0 Å². The molecule has 0 radical (unpaired) electrons. The predicted molar refractivity (Wildman–Crippen MR) is 56.8 cm³/mol. The lowest BCUT2D eigenvalue weighted by molar-refractivity contribution is -0.174. The molecule has 0 saturated carbocycles. The summed E-state index contributed by atoms with van der Waals surface area (Å²) in [6, 6.07) is 0. The third-order valence-corrected chi connectivity index (χ3v) is 3.05. The fourth-order valence-corrected chi connectivity index (χ4v) is 2.07. The van der Waals surface area contributed by atoms with Crippen molar-refractivity contribution in [3.8, 4) is 0 Å². The largest absolute Gasteiger partial charge is 0.411 e. The van der Waals surface area contributed by atoms with E-state index in [1.807, 2.05) is 0 Å². The van der Waals surface area contributed by atoms with Crippen LogP contribution in [-0.4, -0.2) is 49.8 Å². The highest BCUT2D eigenvalue weighted by Crippen LogP contribution is 2.17. The van der Waals surface area contributed by atoms with Gasteiger partial charge in [0.25, 0.3) is 0 Å². The zero-order valence-corrected chi connectivity index (χ0v) is 9.86. The molecule has 1 atom stereocenters. The number of likely N-dealkylation sites (tertiary alicyclic amines) is 1. The minimum Gasteiger partial charge on any atom is -0.372 e. The minimum atomic E-state index is -4.21. The van der Waals surface area contributed by atoms with Crippen LogP contribution < -0.4 is 0 Å². The lowest BCUT2D eigenvalue weighted by Gasteiger charge is -2.15. The zero-order chi connectivity index (χ0) is 12.0. The van der Waals surface area contributed by atoms with Crippen LogP contribution in [0.1, 0.15) is 12.8 Å². The highest BCUT2D eigenvalue weighted by Gasteiger charge is 2.27. The maximum atomic E-state index is 11.7. The first-order chi connectivity index (χ1) is 7.51. The monoisotopic (exact) mass is 259 g/mol. The van der Waals surface area contributed by atoms with E-state index in [0.29, 0.717) is 18.2 Å². The molecule has 0 aromatic carbocycles. The summed E-state index contributed by atoms with van der Waals surface area (Å²) < 4.78 is 39.7. The van der Waals surface area contributed by atoms with Crippen molar-refractivity contribution in [2.75, 3.05) is 38.7 Å². The molecule has 0 aromatic heterocycles. The Labute approximate surface area is 98.7 Å². The standard InChI is InChI=1S/C10H17ClF3NO/c11-6-9-2-4-15(7-9)3-1-5-16-8-10(12,13)14/h9H,1-8H2. The normalized spacial score (nSPS) is 22.9. The zero-order valence-electron chi connectivity index (χ0n) is 9.10. The summed E-state index contributed by atoms with van der Waals surface area (Å²) in [7, 11) is 0. The fraction of sp³-hybridized carbons (Fsp3) is 1.00. The molecule has 6 heteroatoms.